The van der Waals surface area contributed by atoms with Crippen LogP contribution in [0.3, 0.4) is 0 Å². The van der Waals surface area contributed by atoms with Crippen molar-refractivity contribution in [1.82, 2.24) is 20.3 Å². The number of carboxylic acids is 2. The number of amides is 1. The number of nitrogens with one attached hydrogen (secondary N) is 2. The summed E-state index contributed by atoms with van der Waals surface area (Å²) >= 11 is 0. The SMILES string of the molecule is CCN(N[C@H](CC(=O)O)Cc1[nH]c2ccccc2c1C(C)C(=O)O)[C@@H](Cc1cccc2ccccc12)C(=O)N(C)Cc1ccccc1. The number of aromatic nitrogens is 1. The number of benzene rings is 4. The molecule has 4 aromatic carbocycles. The van der Waals surface area contributed by atoms with Crippen LogP contribution in [0.15, 0.2) is 97.1 Å². The van der Waals surface area contributed by atoms with Crippen molar-refractivity contribution >= 4 is 39.5 Å². The predicted molar refractivity (Wildman–Crippen MR) is 184 cm³/mol. The Kier molecular flexibility index (Phi) is 10.7. The summed E-state index contributed by atoms with van der Waals surface area (Å²) < 4.78 is 0. The Balaban J connectivity index is 1.50. The van der Waals surface area contributed by atoms with Gasteiger partial charge in [0.2, 0.25) is 5.91 Å². The van der Waals surface area contributed by atoms with Gasteiger partial charge in [0.05, 0.1) is 12.3 Å². The van der Waals surface area contributed by atoms with E-state index in [1.54, 1.807) is 18.9 Å². The van der Waals surface area contributed by atoms with Gasteiger partial charge in [-0.05, 0) is 46.9 Å². The van der Waals surface area contributed by atoms with Gasteiger partial charge < -0.3 is 20.1 Å². The molecule has 5 rings (SSSR count). The van der Waals surface area contributed by atoms with Crippen LogP contribution in [0.2, 0.25) is 0 Å². The van der Waals surface area contributed by atoms with E-state index in [4.69, 9.17) is 0 Å². The van der Waals surface area contributed by atoms with Crippen molar-refractivity contribution in [3.63, 3.8) is 0 Å². The fourth-order valence-electron chi connectivity index (χ4n) is 6.45. The van der Waals surface area contributed by atoms with Crippen LogP contribution in [0.4, 0.5) is 0 Å². The molecule has 3 atom stereocenters. The molecule has 0 bridgehead atoms. The Labute approximate surface area is 274 Å². The second-order valence-corrected chi connectivity index (χ2v) is 12.1. The molecule has 4 N–H and O–H groups in total. The number of carboxylic acid groups (broad SMARTS) is 2. The smallest absolute Gasteiger partial charge is 0.310 e. The van der Waals surface area contributed by atoms with Gasteiger partial charge >= 0.3 is 11.9 Å². The Morgan fingerprint density at radius 3 is 2.19 bits per heavy atom. The molecule has 9 nitrogen and oxygen atoms in total. The molecule has 1 heterocycles. The van der Waals surface area contributed by atoms with Gasteiger partial charge in [-0.15, -0.1) is 0 Å². The highest BCUT2D eigenvalue weighted by atomic mass is 16.4. The molecule has 1 aromatic heterocycles. The van der Waals surface area contributed by atoms with Crippen molar-refractivity contribution in [1.29, 1.82) is 0 Å². The second-order valence-electron chi connectivity index (χ2n) is 12.1. The molecule has 0 spiro atoms. The standard InChI is InChI=1S/C38H42N4O5/c1-4-42(40-29(23-35(43)44)22-33-36(25(2)38(46)47)31-19-10-11-20-32(31)39-33)34(37(45)41(3)24-26-13-6-5-7-14-26)21-28-17-12-16-27-15-8-9-18-30(27)28/h5-20,25,29,34,39-40H,4,21-24H2,1-3H3,(H,43,44)(H,46,47)/t25?,29-,34-/m0/s1. The molecule has 244 valence electrons. The van der Waals surface area contributed by atoms with Crippen molar-refractivity contribution in [2.45, 2.75) is 57.7 Å². The van der Waals surface area contributed by atoms with E-state index in [2.05, 4.69) is 16.5 Å². The molecule has 0 fully saturated rings. The van der Waals surface area contributed by atoms with Crippen LogP contribution in [0.5, 0.6) is 0 Å². The summed E-state index contributed by atoms with van der Waals surface area (Å²) in [6, 6.07) is 30.2. The highest BCUT2D eigenvalue weighted by Crippen LogP contribution is 2.31. The van der Waals surface area contributed by atoms with E-state index in [9.17, 15) is 24.6 Å². The highest BCUT2D eigenvalue weighted by molar-refractivity contribution is 5.91. The van der Waals surface area contributed by atoms with Gasteiger partial charge in [0, 0.05) is 49.2 Å². The Morgan fingerprint density at radius 2 is 1.49 bits per heavy atom. The lowest BCUT2D eigenvalue weighted by Gasteiger charge is -2.36. The highest BCUT2D eigenvalue weighted by Gasteiger charge is 2.32. The van der Waals surface area contributed by atoms with Crippen molar-refractivity contribution in [2.75, 3.05) is 13.6 Å². The summed E-state index contributed by atoms with van der Waals surface area (Å²) in [5.41, 5.74) is 7.54. The number of fused-ring (bicyclic) bond motifs is 2. The first kappa shape index (κ1) is 33.4. The first-order valence-electron chi connectivity index (χ1n) is 16.0. The zero-order valence-corrected chi connectivity index (χ0v) is 27.0. The van der Waals surface area contributed by atoms with E-state index in [-0.39, 0.29) is 18.7 Å². The fraction of sp³-hybridized carbons (Fsp3) is 0.289. The van der Waals surface area contributed by atoms with Crippen molar-refractivity contribution in [3.05, 3.63) is 119 Å². The molecule has 0 aliphatic carbocycles. The lowest BCUT2D eigenvalue weighted by atomic mass is 9.94. The third-order valence-electron chi connectivity index (χ3n) is 8.79. The van der Waals surface area contributed by atoms with Crippen LogP contribution in [-0.4, -0.2) is 68.6 Å². The summed E-state index contributed by atoms with van der Waals surface area (Å²) in [4.78, 5) is 43.7. The maximum Gasteiger partial charge on any atom is 0.310 e. The number of nitrogens with zero attached hydrogens (tertiary/aromatic N) is 2. The first-order chi connectivity index (χ1) is 22.7. The van der Waals surface area contributed by atoms with Gasteiger partial charge in [-0.1, -0.05) is 97.9 Å². The molecule has 0 saturated heterocycles. The Bertz CT molecular complexity index is 1850. The minimum atomic E-state index is -0.999. The van der Waals surface area contributed by atoms with E-state index in [1.807, 2.05) is 103 Å². The van der Waals surface area contributed by atoms with E-state index in [0.717, 1.165) is 32.8 Å². The van der Waals surface area contributed by atoms with E-state index < -0.39 is 29.9 Å². The number of aliphatic carboxylic acids is 2. The van der Waals surface area contributed by atoms with Crippen LogP contribution in [0.25, 0.3) is 21.7 Å². The summed E-state index contributed by atoms with van der Waals surface area (Å²) in [5.74, 6) is -2.87. The number of para-hydroxylation sites is 1. The minimum Gasteiger partial charge on any atom is -0.481 e. The second kappa shape index (κ2) is 15.1. The normalized spacial score (nSPS) is 13.4. The number of rotatable bonds is 15. The number of hydrogen-bond acceptors (Lipinski definition) is 5. The average molecular weight is 635 g/mol. The largest absolute Gasteiger partial charge is 0.481 e. The zero-order valence-electron chi connectivity index (χ0n) is 27.0. The predicted octanol–water partition coefficient (Wildman–Crippen LogP) is 5.99. The third kappa shape index (κ3) is 7.88. The van der Waals surface area contributed by atoms with Gasteiger partial charge in [0.25, 0.3) is 0 Å². The minimum absolute atomic E-state index is 0.101. The molecule has 0 aliphatic rings. The van der Waals surface area contributed by atoms with Crippen LogP contribution < -0.4 is 5.43 Å². The monoisotopic (exact) mass is 634 g/mol. The molecular formula is C38H42N4O5. The maximum absolute atomic E-state index is 14.3. The van der Waals surface area contributed by atoms with E-state index in [0.29, 0.717) is 30.8 Å². The van der Waals surface area contributed by atoms with Crippen LogP contribution in [0.1, 0.15) is 48.6 Å². The van der Waals surface area contributed by atoms with Crippen LogP contribution in [-0.2, 0) is 33.8 Å². The molecule has 0 saturated carbocycles. The summed E-state index contributed by atoms with van der Waals surface area (Å²) in [6.07, 6.45) is 0.384. The van der Waals surface area contributed by atoms with Crippen molar-refractivity contribution in [2.24, 2.45) is 0 Å². The molecule has 5 aromatic rings. The summed E-state index contributed by atoms with van der Waals surface area (Å²) in [5, 5.41) is 24.7. The van der Waals surface area contributed by atoms with E-state index in [1.165, 1.54) is 0 Å². The molecule has 47 heavy (non-hydrogen) atoms. The molecule has 9 heteroatoms. The van der Waals surface area contributed by atoms with Gasteiger partial charge in [-0.3, -0.25) is 19.8 Å². The Morgan fingerprint density at radius 1 is 0.830 bits per heavy atom. The Hall–Kier alpha value is -4.99. The van der Waals surface area contributed by atoms with Gasteiger partial charge in [-0.25, -0.2) is 5.01 Å². The molecule has 1 amide bonds. The average Bonchev–Trinajstić information content (AvgIpc) is 3.43. The summed E-state index contributed by atoms with van der Waals surface area (Å²) in [7, 11) is 1.79. The lowest BCUT2D eigenvalue weighted by Crippen LogP contribution is -2.57. The number of carbonyl (C=O) groups excluding carboxylic acids is 1. The first-order valence-corrected chi connectivity index (χ1v) is 16.0. The van der Waals surface area contributed by atoms with Crippen molar-refractivity contribution < 1.29 is 24.6 Å². The van der Waals surface area contributed by atoms with Gasteiger partial charge in [0.15, 0.2) is 0 Å². The number of H-pyrrole nitrogens is 1. The number of carbonyl (C=O) groups is 3. The lowest BCUT2D eigenvalue weighted by molar-refractivity contribution is -0.140. The third-order valence-corrected chi connectivity index (χ3v) is 8.79. The zero-order chi connectivity index (χ0) is 33.5. The quantitative estimate of drug-likeness (QED) is 0.104. The van der Waals surface area contributed by atoms with Crippen LogP contribution >= 0.6 is 0 Å². The van der Waals surface area contributed by atoms with Gasteiger partial charge in [-0.2, -0.15) is 0 Å². The van der Waals surface area contributed by atoms with Crippen LogP contribution in [0, 0.1) is 0 Å². The molecule has 0 radical (unpaired) electrons. The molecule has 1 unspecified atom stereocenters. The fourth-order valence-corrected chi connectivity index (χ4v) is 6.45. The van der Waals surface area contributed by atoms with E-state index >= 15 is 0 Å². The maximum atomic E-state index is 14.3. The topological polar surface area (TPSA) is 126 Å². The van der Waals surface area contributed by atoms with Gasteiger partial charge in [0.1, 0.15) is 6.04 Å². The number of likely N-dealkylation sites (N-methyl/N-ethyl adjacent to an activating group) is 2. The number of hydrazine groups is 1. The van der Waals surface area contributed by atoms with Crippen molar-refractivity contribution in [3.8, 4) is 0 Å². The number of aromatic amines is 1. The number of hydrogen-bond donors (Lipinski definition) is 4. The molecular weight excluding hydrogens is 592 g/mol. The summed E-state index contributed by atoms with van der Waals surface area (Å²) in [6.45, 7) is 4.42. The molecule has 0 aliphatic heterocycles.